The van der Waals surface area contributed by atoms with Crippen molar-refractivity contribution in [1.29, 1.82) is 0 Å². The summed E-state index contributed by atoms with van der Waals surface area (Å²) >= 11 is 0. The number of rotatable bonds is 6. The van der Waals surface area contributed by atoms with Crippen LogP contribution in [-0.2, 0) is 9.59 Å². The molecule has 25 heavy (non-hydrogen) atoms. The molecule has 3 rings (SSSR count). The molecule has 6 nitrogen and oxygen atoms in total. The van der Waals surface area contributed by atoms with Gasteiger partial charge in [0.2, 0.25) is 5.91 Å². The third-order valence-electron chi connectivity index (χ3n) is 5.33. The molecule has 0 bridgehead atoms. The van der Waals surface area contributed by atoms with Crippen molar-refractivity contribution in [2.24, 2.45) is 11.8 Å². The lowest BCUT2D eigenvalue weighted by molar-refractivity contribution is -0.138. The molecule has 2 unspecified atom stereocenters. The maximum absolute atomic E-state index is 12.8. The molecule has 1 aromatic carbocycles. The molecule has 2 fully saturated rings. The average Bonchev–Trinajstić information content (AvgIpc) is 3.41. The van der Waals surface area contributed by atoms with Crippen molar-refractivity contribution in [3.8, 4) is 11.5 Å². The molecule has 1 N–H and O–H groups in total. The predicted octanol–water partition coefficient (Wildman–Crippen LogP) is 2.52. The molecule has 0 aromatic heterocycles. The van der Waals surface area contributed by atoms with Crippen LogP contribution in [0.25, 0.3) is 0 Å². The highest BCUT2D eigenvalue weighted by atomic mass is 16.5. The van der Waals surface area contributed by atoms with Gasteiger partial charge in [-0.2, -0.15) is 0 Å². The van der Waals surface area contributed by atoms with E-state index in [-0.39, 0.29) is 30.1 Å². The number of ether oxygens (including phenoxy) is 2. The second-order valence-corrected chi connectivity index (χ2v) is 6.92. The van der Waals surface area contributed by atoms with E-state index in [2.05, 4.69) is 0 Å². The molecule has 0 spiro atoms. The standard InChI is InChI=1S/C19H25NO5/c1-24-13-3-4-17(25-2)15(10-13)14-11-16(14)19(23)20-7-5-12(6-8-20)9-18(21)22/h3-4,10,12,14,16H,5-9,11H2,1-2H3,(H,21,22). The van der Waals surface area contributed by atoms with Crippen LogP contribution in [0.15, 0.2) is 18.2 Å². The number of benzene rings is 1. The monoisotopic (exact) mass is 347 g/mol. The normalized spacial score (nSPS) is 23.2. The molecule has 1 aromatic rings. The molecule has 1 aliphatic heterocycles. The first kappa shape index (κ1) is 17.6. The van der Waals surface area contributed by atoms with E-state index in [0.29, 0.717) is 13.1 Å². The molecular weight excluding hydrogens is 322 g/mol. The summed E-state index contributed by atoms with van der Waals surface area (Å²) in [5, 5.41) is 8.89. The number of nitrogens with zero attached hydrogens (tertiary/aromatic N) is 1. The number of amides is 1. The Kier molecular flexibility index (Phi) is 5.16. The number of aliphatic carboxylic acids is 1. The predicted molar refractivity (Wildman–Crippen MR) is 92.0 cm³/mol. The number of methoxy groups -OCH3 is 2. The number of likely N-dealkylation sites (tertiary alicyclic amines) is 1. The van der Waals surface area contributed by atoms with Gasteiger partial charge in [-0.15, -0.1) is 0 Å². The Hall–Kier alpha value is -2.24. The Morgan fingerprint density at radius 2 is 1.92 bits per heavy atom. The lowest BCUT2D eigenvalue weighted by Crippen LogP contribution is -2.40. The molecule has 1 heterocycles. The van der Waals surface area contributed by atoms with Crippen LogP contribution in [0.3, 0.4) is 0 Å². The van der Waals surface area contributed by atoms with E-state index in [9.17, 15) is 9.59 Å². The zero-order chi connectivity index (χ0) is 18.0. The molecule has 0 radical (unpaired) electrons. The summed E-state index contributed by atoms with van der Waals surface area (Å²) in [5.41, 5.74) is 1.03. The van der Waals surface area contributed by atoms with E-state index in [1.807, 2.05) is 23.1 Å². The third kappa shape index (κ3) is 3.89. The number of hydrogen-bond donors (Lipinski definition) is 1. The Morgan fingerprint density at radius 1 is 1.20 bits per heavy atom. The lowest BCUT2D eigenvalue weighted by atomic mass is 9.93. The Morgan fingerprint density at radius 3 is 2.52 bits per heavy atom. The van der Waals surface area contributed by atoms with Gasteiger partial charge in [-0.1, -0.05) is 0 Å². The topological polar surface area (TPSA) is 76.1 Å². The van der Waals surface area contributed by atoms with Gasteiger partial charge in [0, 0.05) is 36.9 Å². The first-order valence-corrected chi connectivity index (χ1v) is 8.76. The highest BCUT2D eigenvalue weighted by Crippen LogP contribution is 2.52. The molecule has 2 atom stereocenters. The van der Waals surface area contributed by atoms with E-state index in [0.717, 1.165) is 36.3 Å². The van der Waals surface area contributed by atoms with E-state index in [1.54, 1.807) is 14.2 Å². The van der Waals surface area contributed by atoms with Crippen LogP contribution < -0.4 is 9.47 Å². The summed E-state index contributed by atoms with van der Waals surface area (Å²) in [6.07, 6.45) is 2.59. The highest BCUT2D eigenvalue weighted by Gasteiger charge is 2.47. The summed E-state index contributed by atoms with van der Waals surface area (Å²) in [5.74, 6) is 1.35. The van der Waals surface area contributed by atoms with Gasteiger partial charge in [0.25, 0.3) is 0 Å². The third-order valence-corrected chi connectivity index (χ3v) is 5.33. The van der Waals surface area contributed by atoms with Gasteiger partial charge in [-0.3, -0.25) is 9.59 Å². The van der Waals surface area contributed by atoms with Crippen molar-refractivity contribution in [3.05, 3.63) is 23.8 Å². The van der Waals surface area contributed by atoms with Crippen molar-refractivity contribution in [2.45, 2.75) is 31.6 Å². The minimum Gasteiger partial charge on any atom is -0.497 e. The summed E-state index contributed by atoms with van der Waals surface area (Å²) < 4.78 is 10.7. The van der Waals surface area contributed by atoms with Gasteiger partial charge < -0.3 is 19.5 Å². The zero-order valence-electron chi connectivity index (χ0n) is 14.7. The van der Waals surface area contributed by atoms with E-state index >= 15 is 0 Å². The average molecular weight is 347 g/mol. The molecule has 136 valence electrons. The maximum atomic E-state index is 12.8. The number of hydrogen-bond acceptors (Lipinski definition) is 4. The SMILES string of the molecule is COc1ccc(OC)c(C2CC2C(=O)N2CCC(CC(=O)O)CC2)c1. The largest absolute Gasteiger partial charge is 0.497 e. The van der Waals surface area contributed by atoms with Crippen molar-refractivity contribution >= 4 is 11.9 Å². The van der Waals surface area contributed by atoms with Crippen molar-refractivity contribution in [3.63, 3.8) is 0 Å². The maximum Gasteiger partial charge on any atom is 0.303 e. The second-order valence-electron chi connectivity index (χ2n) is 6.92. The van der Waals surface area contributed by atoms with Crippen LogP contribution in [0.2, 0.25) is 0 Å². The number of carbonyl (C=O) groups excluding carboxylic acids is 1. The first-order chi connectivity index (χ1) is 12.0. The van der Waals surface area contributed by atoms with Crippen LogP contribution in [0, 0.1) is 11.8 Å². The van der Waals surface area contributed by atoms with Crippen LogP contribution in [0.5, 0.6) is 11.5 Å². The zero-order valence-corrected chi connectivity index (χ0v) is 14.7. The molecule has 1 aliphatic carbocycles. The summed E-state index contributed by atoms with van der Waals surface area (Å²) in [4.78, 5) is 25.5. The lowest BCUT2D eigenvalue weighted by Gasteiger charge is -2.31. The van der Waals surface area contributed by atoms with Crippen LogP contribution in [0.4, 0.5) is 0 Å². The van der Waals surface area contributed by atoms with Gasteiger partial charge in [-0.05, 0) is 43.4 Å². The van der Waals surface area contributed by atoms with E-state index < -0.39 is 5.97 Å². The molecule has 2 aliphatic rings. The van der Waals surface area contributed by atoms with Gasteiger partial charge in [-0.25, -0.2) is 0 Å². The number of piperidine rings is 1. The number of carbonyl (C=O) groups is 2. The Labute approximate surface area is 147 Å². The van der Waals surface area contributed by atoms with Crippen molar-refractivity contribution < 1.29 is 24.2 Å². The first-order valence-electron chi connectivity index (χ1n) is 8.76. The van der Waals surface area contributed by atoms with Crippen molar-refractivity contribution in [2.75, 3.05) is 27.3 Å². The molecule has 6 heteroatoms. The second kappa shape index (κ2) is 7.33. The van der Waals surface area contributed by atoms with Gasteiger partial charge in [0.05, 0.1) is 14.2 Å². The fourth-order valence-corrected chi connectivity index (χ4v) is 3.78. The summed E-state index contributed by atoms with van der Waals surface area (Å²) in [7, 11) is 3.26. The molecular formula is C19H25NO5. The quantitative estimate of drug-likeness (QED) is 0.856. The minimum atomic E-state index is -0.753. The summed E-state index contributed by atoms with van der Waals surface area (Å²) in [6, 6.07) is 5.69. The number of carboxylic acids is 1. The molecule has 1 saturated heterocycles. The molecule has 1 saturated carbocycles. The van der Waals surface area contributed by atoms with Crippen LogP contribution in [-0.4, -0.2) is 49.2 Å². The summed E-state index contributed by atoms with van der Waals surface area (Å²) in [6.45, 7) is 1.32. The van der Waals surface area contributed by atoms with Gasteiger partial charge in [0.1, 0.15) is 11.5 Å². The smallest absolute Gasteiger partial charge is 0.303 e. The van der Waals surface area contributed by atoms with Crippen LogP contribution >= 0.6 is 0 Å². The Balaban J connectivity index is 1.60. The van der Waals surface area contributed by atoms with E-state index in [1.165, 1.54) is 0 Å². The van der Waals surface area contributed by atoms with Crippen molar-refractivity contribution in [1.82, 2.24) is 4.90 Å². The fraction of sp³-hybridized carbons (Fsp3) is 0.579. The number of carboxylic acid groups (broad SMARTS) is 1. The minimum absolute atomic E-state index is 0.00275. The van der Waals surface area contributed by atoms with Gasteiger partial charge >= 0.3 is 5.97 Å². The molecule has 1 amide bonds. The van der Waals surface area contributed by atoms with Gasteiger partial charge in [0.15, 0.2) is 0 Å². The van der Waals surface area contributed by atoms with Crippen LogP contribution in [0.1, 0.15) is 37.2 Å². The van der Waals surface area contributed by atoms with E-state index in [4.69, 9.17) is 14.6 Å². The fourth-order valence-electron chi connectivity index (χ4n) is 3.78. The highest BCUT2D eigenvalue weighted by molar-refractivity contribution is 5.83. The Bertz CT molecular complexity index is 651.